The zero-order valence-corrected chi connectivity index (χ0v) is 12.8. The number of halogens is 1. The second kappa shape index (κ2) is 7.71. The zero-order valence-electron chi connectivity index (χ0n) is 9.62. The molecule has 0 amide bonds. The van der Waals surface area contributed by atoms with E-state index in [9.17, 15) is 0 Å². The Morgan fingerprint density at radius 1 is 1.62 bits per heavy atom. The van der Waals surface area contributed by atoms with Gasteiger partial charge in [0.2, 0.25) is 0 Å². The Labute approximate surface area is 114 Å². The lowest BCUT2D eigenvalue weighted by Gasteiger charge is -2.15. The largest absolute Gasteiger partial charge is 0.396 e. The smallest absolute Gasteiger partial charge is 0.0730 e. The summed E-state index contributed by atoms with van der Waals surface area (Å²) in [5.41, 5.74) is 1.30. The molecule has 1 heterocycles. The van der Waals surface area contributed by atoms with Crippen LogP contribution < -0.4 is 5.32 Å². The minimum absolute atomic E-state index is 0.255. The number of rotatable bonds is 7. The lowest BCUT2D eigenvalue weighted by Crippen LogP contribution is -2.31. The van der Waals surface area contributed by atoms with Gasteiger partial charge in [0.15, 0.2) is 0 Å². The van der Waals surface area contributed by atoms with E-state index >= 15 is 0 Å². The highest BCUT2D eigenvalue weighted by molar-refractivity contribution is 9.11. The van der Waals surface area contributed by atoms with Crippen LogP contribution in [0.3, 0.4) is 0 Å². The van der Waals surface area contributed by atoms with Gasteiger partial charge in [0, 0.05) is 29.8 Å². The lowest BCUT2D eigenvalue weighted by atomic mass is 10.2. The van der Waals surface area contributed by atoms with E-state index in [0.717, 1.165) is 18.7 Å². The minimum Gasteiger partial charge on any atom is -0.396 e. The summed E-state index contributed by atoms with van der Waals surface area (Å²) < 4.78 is 1.22. The number of thiophene rings is 1. The summed E-state index contributed by atoms with van der Waals surface area (Å²) in [6.45, 7) is 3.25. The summed E-state index contributed by atoms with van der Waals surface area (Å²) in [4.78, 5) is 1.34. The molecule has 0 aliphatic rings. The molecule has 0 saturated carbocycles. The molecule has 0 radical (unpaired) electrons. The molecule has 0 fully saturated rings. The number of aryl methyl sites for hydroxylation is 1. The molecule has 5 heteroatoms. The molecule has 1 aromatic heterocycles. The van der Waals surface area contributed by atoms with Gasteiger partial charge in [-0.1, -0.05) is 0 Å². The van der Waals surface area contributed by atoms with Gasteiger partial charge < -0.3 is 10.4 Å². The van der Waals surface area contributed by atoms with Crippen LogP contribution in [-0.4, -0.2) is 29.8 Å². The predicted molar refractivity (Wildman–Crippen MR) is 77.5 cm³/mol. The Morgan fingerprint density at radius 3 is 2.88 bits per heavy atom. The van der Waals surface area contributed by atoms with Gasteiger partial charge in [0.05, 0.1) is 3.79 Å². The summed E-state index contributed by atoms with van der Waals surface area (Å²) in [5.74, 6) is 1.05. The molecule has 2 N–H and O–H groups in total. The van der Waals surface area contributed by atoms with Crippen molar-refractivity contribution in [3.05, 3.63) is 20.3 Å². The van der Waals surface area contributed by atoms with Crippen molar-refractivity contribution in [2.45, 2.75) is 25.9 Å². The second-order valence-corrected chi connectivity index (χ2v) is 7.08. The molecule has 0 bridgehead atoms. The topological polar surface area (TPSA) is 32.3 Å². The van der Waals surface area contributed by atoms with Crippen LogP contribution in [0.25, 0.3) is 0 Å². The SMILES string of the molecule is CSCC(CCO)NCc1cc(C)c(Br)s1. The molecule has 16 heavy (non-hydrogen) atoms. The van der Waals surface area contributed by atoms with Crippen LogP contribution in [0, 0.1) is 6.92 Å². The number of nitrogens with one attached hydrogen (secondary N) is 1. The normalized spacial score (nSPS) is 13.0. The van der Waals surface area contributed by atoms with Gasteiger partial charge in [-0.15, -0.1) is 11.3 Å². The van der Waals surface area contributed by atoms with E-state index in [-0.39, 0.29) is 6.61 Å². The third-order valence-corrected chi connectivity index (χ3v) is 5.19. The Bertz CT molecular complexity index is 291. The minimum atomic E-state index is 0.255. The number of aliphatic hydroxyl groups is 1. The van der Waals surface area contributed by atoms with E-state index in [4.69, 9.17) is 5.11 Å². The fraction of sp³-hybridized carbons (Fsp3) is 0.636. The van der Waals surface area contributed by atoms with Crippen molar-refractivity contribution >= 4 is 39.0 Å². The van der Waals surface area contributed by atoms with Gasteiger partial charge in [-0.2, -0.15) is 11.8 Å². The lowest BCUT2D eigenvalue weighted by molar-refractivity contribution is 0.270. The van der Waals surface area contributed by atoms with Crippen LogP contribution in [0.15, 0.2) is 9.85 Å². The van der Waals surface area contributed by atoms with Gasteiger partial charge >= 0.3 is 0 Å². The van der Waals surface area contributed by atoms with E-state index in [1.54, 1.807) is 11.3 Å². The van der Waals surface area contributed by atoms with E-state index < -0.39 is 0 Å². The Morgan fingerprint density at radius 2 is 2.38 bits per heavy atom. The molecule has 1 rings (SSSR count). The summed E-state index contributed by atoms with van der Waals surface area (Å²) in [7, 11) is 0. The summed E-state index contributed by atoms with van der Waals surface area (Å²) in [6, 6.07) is 2.61. The molecule has 0 aliphatic heterocycles. The van der Waals surface area contributed by atoms with Gasteiger partial charge in [-0.3, -0.25) is 0 Å². The molecule has 0 spiro atoms. The molecule has 92 valence electrons. The van der Waals surface area contributed by atoms with Gasteiger partial charge in [-0.25, -0.2) is 0 Å². The van der Waals surface area contributed by atoms with Crippen LogP contribution in [0.5, 0.6) is 0 Å². The molecule has 2 nitrogen and oxygen atoms in total. The first-order valence-electron chi connectivity index (χ1n) is 5.25. The van der Waals surface area contributed by atoms with Crippen molar-refractivity contribution in [3.8, 4) is 0 Å². The van der Waals surface area contributed by atoms with Crippen molar-refractivity contribution < 1.29 is 5.11 Å². The van der Waals surface area contributed by atoms with Crippen molar-refractivity contribution in [2.75, 3.05) is 18.6 Å². The van der Waals surface area contributed by atoms with E-state index in [0.29, 0.717) is 6.04 Å². The van der Waals surface area contributed by atoms with E-state index in [1.807, 2.05) is 11.8 Å². The molecule has 0 aromatic carbocycles. The molecule has 1 aromatic rings. The number of aliphatic hydroxyl groups excluding tert-OH is 1. The second-order valence-electron chi connectivity index (χ2n) is 3.71. The average Bonchev–Trinajstić information content (AvgIpc) is 2.56. The standard InChI is InChI=1S/C11H18BrNOS2/c1-8-5-10(16-11(8)12)6-13-9(3-4-14)7-15-2/h5,9,13-14H,3-4,6-7H2,1-2H3. The maximum Gasteiger partial charge on any atom is 0.0730 e. The highest BCUT2D eigenvalue weighted by atomic mass is 79.9. The van der Waals surface area contributed by atoms with E-state index in [1.165, 1.54) is 14.2 Å². The Kier molecular flexibility index (Phi) is 7.00. The fourth-order valence-electron chi connectivity index (χ4n) is 1.46. The molecule has 1 atom stereocenters. The maximum absolute atomic E-state index is 8.95. The highest BCUT2D eigenvalue weighted by Crippen LogP contribution is 2.27. The number of hydrogen-bond donors (Lipinski definition) is 2. The first-order valence-corrected chi connectivity index (χ1v) is 8.25. The van der Waals surface area contributed by atoms with Crippen LogP contribution in [0.2, 0.25) is 0 Å². The van der Waals surface area contributed by atoms with Crippen LogP contribution >= 0.6 is 39.0 Å². The summed E-state index contributed by atoms with van der Waals surface area (Å²) >= 11 is 7.12. The van der Waals surface area contributed by atoms with Crippen molar-refractivity contribution in [3.63, 3.8) is 0 Å². The van der Waals surface area contributed by atoms with Gasteiger partial charge in [0.1, 0.15) is 0 Å². The predicted octanol–water partition coefficient (Wildman–Crippen LogP) is 3.02. The van der Waals surface area contributed by atoms with E-state index in [2.05, 4.69) is 40.5 Å². The summed E-state index contributed by atoms with van der Waals surface area (Å²) in [5, 5.41) is 12.4. The summed E-state index contributed by atoms with van der Waals surface area (Å²) in [6.07, 6.45) is 2.92. The quantitative estimate of drug-likeness (QED) is 0.809. The van der Waals surface area contributed by atoms with Crippen LogP contribution in [-0.2, 0) is 6.54 Å². The first-order chi connectivity index (χ1) is 7.67. The van der Waals surface area contributed by atoms with Crippen molar-refractivity contribution in [2.24, 2.45) is 0 Å². The average molecular weight is 324 g/mol. The highest BCUT2D eigenvalue weighted by Gasteiger charge is 2.08. The van der Waals surface area contributed by atoms with Crippen molar-refractivity contribution in [1.29, 1.82) is 0 Å². The molecule has 0 saturated heterocycles. The molecular weight excluding hydrogens is 306 g/mol. The molecular formula is C11H18BrNOS2. The monoisotopic (exact) mass is 323 g/mol. The Hall–Kier alpha value is 0.450. The molecule has 1 unspecified atom stereocenters. The van der Waals surface area contributed by atoms with Gasteiger partial charge in [0.25, 0.3) is 0 Å². The first kappa shape index (κ1) is 14.5. The fourth-order valence-corrected chi connectivity index (χ4v) is 3.72. The van der Waals surface area contributed by atoms with Crippen LogP contribution in [0.1, 0.15) is 16.9 Å². The number of thioether (sulfide) groups is 1. The Balaban J connectivity index is 2.41. The third kappa shape index (κ3) is 4.75. The third-order valence-electron chi connectivity index (χ3n) is 2.32. The number of hydrogen-bond acceptors (Lipinski definition) is 4. The van der Waals surface area contributed by atoms with Crippen molar-refractivity contribution in [1.82, 2.24) is 5.32 Å². The zero-order chi connectivity index (χ0) is 12.0. The van der Waals surface area contributed by atoms with Crippen LogP contribution in [0.4, 0.5) is 0 Å². The molecule has 0 aliphatic carbocycles. The van der Waals surface area contributed by atoms with Gasteiger partial charge in [-0.05, 0) is 47.2 Å². The maximum atomic E-state index is 8.95.